The molecule has 0 bridgehead atoms. The molecule has 7 heteroatoms. The Hall–Kier alpha value is -1.63. The molecule has 0 saturated carbocycles. The first-order valence-electron chi connectivity index (χ1n) is 9.26. The molecule has 0 spiro atoms. The highest BCUT2D eigenvalue weighted by atomic mass is 35.5. The van der Waals surface area contributed by atoms with E-state index >= 15 is 0 Å². The number of amides is 2. The third-order valence-corrected chi connectivity index (χ3v) is 5.05. The number of anilines is 1. The lowest BCUT2D eigenvalue weighted by Crippen LogP contribution is -2.52. The molecule has 150 valence electrons. The summed E-state index contributed by atoms with van der Waals surface area (Å²) in [6.45, 7) is 8.67. The molecule has 0 aromatic heterocycles. The summed E-state index contributed by atoms with van der Waals surface area (Å²) in [6, 6.07) is 4.69. The molecule has 1 saturated heterocycles. The van der Waals surface area contributed by atoms with E-state index in [0.717, 1.165) is 5.56 Å². The van der Waals surface area contributed by atoms with Crippen molar-refractivity contribution in [1.29, 1.82) is 0 Å². The molecule has 2 rings (SSSR count). The van der Waals surface area contributed by atoms with Gasteiger partial charge in [-0.3, -0.25) is 9.59 Å². The predicted molar refractivity (Wildman–Crippen MR) is 106 cm³/mol. The van der Waals surface area contributed by atoms with Crippen LogP contribution in [-0.4, -0.2) is 42.3 Å². The summed E-state index contributed by atoms with van der Waals surface area (Å²) in [5, 5.41) is 15.6. The van der Waals surface area contributed by atoms with Crippen LogP contribution in [0.5, 0.6) is 0 Å². The first kappa shape index (κ1) is 21.7. The van der Waals surface area contributed by atoms with Gasteiger partial charge in [-0.1, -0.05) is 38.4 Å². The van der Waals surface area contributed by atoms with Crippen LogP contribution in [0.15, 0.2) is 18.2 Å². The van der Waals surface area contributed by atoms with E-state index in [0.29, 0.717) is 36.8 Å². The molecule has 0 aliphatic carbocycles. The number of ether oxygens (including phenoxy) is 1. The predicted octanol–water partition coefficient (Wildman–Crippen LogP) is 2.87. The molecule has 1 unspecified atom stereocenters. The maximum absolute atomic E-state index is 12.9. The van der Waals surface area contributed by atoms with Crippen molar-refractivity contribution in [3.63, 3.8) is 0 Å². The largest absolute Gasteiger partial charge is 0.384 e. The van der Waals surface area contributed by atoms with Crippen LogP contribution in [0.2, 0.25) is 5.02 Å². The van der Waals surface area contributed by atoms with E-state index in [4.69, 9.17) is 16.3 Å². The minimum absolute atomic E-state index is 0.0502. The second kappa shape index (κ2) is 9.04. The van der Waals surface area contributed by atoms with Gasteiger partial charge in [-0.05, 0) is 48.8 Å². The normalized spacial score (nSPS) is 17.9. The molecule has 1 aromatic rings. The van der Waals surface area contributed by atoms with Gasteiger partial charge in [-0.25, -0.2) is 0 Å². The van der Waals surface area contributed by atoms with E-state index in [1.807, 2.05) is 12.1 Å². The first-order chi connectivity index (χ1) is 12.6. The lowest BCUT2D eigenvalue weighted by Gasteiger charge is -2.30. The molecular weight excluding hydrogens is 368 g/mol. The zero-order chi connectivity index (χ0) is 20.2. The van der Waals surface area contributed by atoms with Gasteiger partial charge in [0, 0.05) is 23.9 Å². The molecule has 27 heavy (non-hydrogen) atoms. The highest BCUT2D eigenvalue weighted by molar-refractivity contribution is 6.31. The molecule has 1 aliphatic rings. The number of rotatable bonds is 5. The maximum Gasteiger partial charge on any atom is 0.249 e. The third kappa shape index (κ3) is 5.92. The van der Waals surface area contributed by atoms with E-state index < -0.39 is 18.1 Å². The van der Waals surface area contributed by atoms with Crippen molar-refractivity contribution < 1.29 is 19.4 Å². The number of aliphatic hydroxyl groups excluding tert-OH is 1. The number of benzene rings is 1. The maximum atomic E-state index is 12.9. The van der Waals surface area contributed by atoms with Crippen molar-refractivity contribution in [2.24, 2.45) is 5.92 Å². The van der Waals surface area contributed by atoms with E-state index in [1.54, 1.807) is 6.07 Å². The Bertz CT molecular complexity index is 679. The topological polar surface area (TPSA) is 87.7 Å². The summed E-state index contributed by atoms with van der Waals surface area (Å²) in [5.74, 6) is -0.941. The van der Waals surface area contributed by atoms with Crippen molar-refractivity contribution >= 4 is 29.1 Å². The molecule has 0 radical (unpaired) electrons. The average Bonchev–Trinajstić information content (AvgIpc) is 2.58. The number of carbonyl (C=O) groups excluding carboxylic acids is 2. The fourth-order valence-corrected chi connectivity index (χ4v) is 3.61. The van der Waals surface area contributed by atoms with E-state index in [1.165, 1.54) is 6.92 Å². The fraction of sp³-hybridized carbons (Fsp3) is 0.600. The molecule has 1 aromatic carbocycles. The minimum Gasteiger partial charge on any atom is -0.384 e. The summed E-state index contributed by atoms with van der Waals surface area (Å²) in [4.78, 5) is 24.8. The zero-order valence-electron chi connectivity index (χ0n) is 16.3. The van der Waals surface area contributed by atoms with Gasteiger partial charge < -0.3 is 20.5 Å². The van der Waals surface area contributed by atoms with Gasteiger partial charge in [-0.15, -0.1) is 0 Å². The van der Waals surface area contributed by atoms with Gasteiger partial charge in [0.1, 0.15) is 12.1 Å². The van der Waals surface area contributed by atoms with E-state index in [2.05, 4.69) is 31.4 Å². The number of nitrogens with one attached hydrogen (secondary N) is 2. The molecule has 6 nitrogen and oxygen atoms in total. The number of halogens is 1. The average molecular weight is 397 g/mol. The molecule has 2 atom stereocenters. The van der Waals surface area contributed by atoms with Gasteiger partial charge in [0.25, 0.3) is 0 Å². The molecule has 3 N–H and O–H groups in total. The second-order valence-electron chi connectivity index (χ2n) is 8.05. The van der Waals surface area contributed by atoms with Crippen molar-refractivity contribution in [3.05, 3.63) is 28.8 Å². The van der Waals surface area contributed by atoms with Gasteiger partial charge in [0.15, 0.2) is 0 Å². The highest BCUT2D eigenvalue weighted by Crippen LogP contribution is 2.31. The van der Waals surface area contributed by atoms with Crippen LogP contribution >= 0.6 is 11.6 Å². The Morgan fingerprint density at radius 2 is 1.85 bits per heavy atom. The van der Waals surface area contributed by atoms with Gasteiger partial charge >= 0.3 is 0 Å². The lowest BCUT2D eigenvalue weighted by atomic mass is 9.87. The van der Waals surface area contributed by atoms with Crippen LogP contribution in [0.25, 0.3) is 0 Å². The van der Waals surface area contributed by atoms with Crippen LogP contribution in [0.1, 0.15) is 46.1 Å². The standard InChI is InChI=1S/C20H29ClN2O4/c1-12(24)18(25)23-17(13-7-9-27-10-8-13)19(26)22-14-5-6-15(16(21)11-14)20(2,3)4/h5-6,11-13,17,24H,7-10H2,1-4H3,(H,22,26)(H,23,25)/t12-,17?/m0/s1. The van der Waals surface area contributed by atoms with E-state index in [9.17, 15) is 14.7 Å². The molecule has 1 aliphatic heterocycles. The number of carbonyl (C=O) groups is 2. The first-order valence-corrected chi connectivity index (χ1v) is 9.64. The summed E-state index contributed by atoms with van der Waals surface area (Å²) in [6.07, 6.45) is 0.157. The summed E-state index contributed by atoms with van der Waals surface area (Å²) >= 11 is 6.38. The number of hydrogen-bond acceptors (Lipinski definition) is 4. The summed E-state index contributed by atoms with van der Waals surface area (Å²) in [7, 11) is 0. The SMILES string of the molecule is C[C@H](O)C(=O)NC(C(=O)Nc1ccc(C(C)(C)C)c(Cl)c1)C1CCOCC1. The quantitative estimate of drug-likeness (QED) is 0.714. The highest BCUT2D eigenvalue weighted by Gasteiger charge is 2.32. The van der Waals surface area contributed by atoms with Crippen LogP contribution in [0, 0.1) is 5.92 Å². The Kier molecular flexibility index (Phi) is 7.25. The Morgan fingerprint density at radius 3 is 2.37 bits per heavy atom. The van der Waals surface area contributed by atoms with Gasteiger partial charge in [0.2, 0.25) is 11.8 Å². The monoisotopic (exact) mass is 396 g/mol. The zero-order valence-corrected chi connectivity index (χ0v) is 17.1. The lowest BCUT2D eigenvalue weighted by molar-refractivity contribution is -0.133. The van der Waals surface area contributed by atoms with Crippen molar-refractivity contribution in [2.75, 3.05) is 18.5 Å². The summed E-state index contributed by atoms with van der Waals surface area (Å²) < 4.78 is 5.35. The fourth-order valence-electron chi connectivity index (χ4n) is 3.14. The number of aliphatic hydroxyl groups is 1. The van der Waals surface area contributed by atoms with Crippen LogP contribution < -0.4 is 10.6 Å². The van der Waals surface area contributed by atoms with Gasteiger partial charge in [0.05, 0.1) is 0 Å². The number of hydrogen-bond donors (Lipinski definition) is 3. The molecule has 2 amide bonds. The Balaban J connectivity index is 2.17. The van der Waals surface area contributed by atoms with Crippen LogP contribution in [0.3, 0.4) is 0 Å². The smallest absolute Gasteiger partial charge is 0.249 e. The van der Waals surface area contributed by atoms with Crippen molar-refractivity contribution in [2.45, 2.75) is 58.1 Å². The van der Waals surface area contributed by atoms with Crippen LogP contribution in [-0.2, 0) is 19.7 Å². The van der Waals surface area contributed by atoms with Gasteiger partial charge in [-0.2, -0.15) is 0 Å². The Morgan fingerprint density at radius 1 is 1.22 bits per heavy atom. The molecule has 1 fully saturated rings. The van der Waals surface area contributed by atoms with E-state index in [-0.39, 0.29) is 17.2 Å². The van der Waals surface area contributed by atoms with Crippen molar-refractivity contribution in [1.82, 2.24) is 5.32 Å². The molecule has 1 heterocycles. The Labute approximate surface area is 165 Å². The van der Waals surface area contributed by atoms with Crippen molar-refractivity contribution in [3.8, 4) is 0 Å². The second-order valence-corrected chi connectivity index (χ2v) is 8.45. The minimum atomic E-state index is -1.18. The summed E-state index contributed by atoms with van der Waals surface area (Å²) in [5.41, 5.74) is 1.46. The third-order valence-electron chi connectivity index (χ3n) is 4.74. The van der Waals surface area contributed by atoms with Crippen LogP contribution in [0.4, 0.5) is 5.69 Å². The molecular formula is C20H29ClN2O4.